The van der Waals surface area contributed by atoms with Crippen LogP contribution in [0.5, 0.6) is 0 Å². The van der Waals surface area contributed by atoms with Crippen molar-refractivity contribution in [2.75, 3.05) is 13.1 Å². The number of carbonyl (C=O) groups excluding carboxylic acids is 1. The van der Waals surface area contributed by atoms with Crippen LogP contribution in [-0.4, -0.2) is 40.6 Å². The van der Waals surface area contributed by atoms with E-state index in [2.05, 4.69) is 10.2 Å². The summed E-state index contributed by atoms with van der Waals surface area (Å²) in [6.45, 7) is 5.25. The van der Waals surface area contributed by atoms with Crippen LogP contribution in [0.3, 0.4) is 0 Å². The highest BCUT2D eigenvalue weighted by Crippen LogP contribution is 2.13. The van der Waals surface area contributed by atoms with Crippen LogP contribution >= 0.6 is 0 Å². The molecule has 0 fully saturated rings. The van der Waals surface area contributed by atoms with Crippen molar-refractivity contribution in [3.05, 3.63) is 0 Å². The molecule has 0 aromatic carbocycles. The molecule has 2 aliphatic heterocycles. The summed E-state index contributed by atoms with van der Waals surface area (Å²) in [4.78, 5) is 11.8. The van der Waals surface area contributed by atoms with Crippen LogP contribution in [-0.2, 0) is 0 Å². The van der Waals surface area contributed by atoms with Crippen molar-refractivity contribution in [2.45, 2.75) is 26.7 Å². The second-order valence-electron chi connectivity index (χ2n) is 3.70. The third kappa shape index (κ3) is 1.62. The van der Waals surface area contributed by atoms with E-state index >= 15 is 0 Å². The van der Waals surface area contributed by atoms with E-state index in [1.54, 1.807) is 0 Å². The fourth-order valence-corrected chi connectivity index (χ4v) is 1.56. The van der Waals surface area contributed by atoms with Crippen LogP contribution < -0.4 is 0 Å². The molecular weight excluding hydrogens is 180 g/mol. The van der Waals surface area contributed by atoms with Crippen LogP contribution in [0, 0.1) is 0 Å². The highest BCUT2D eigenvalue weighted by Gasteiger charge is 2.26. The Morgan fingerprint density at radius 2 is 1.50 bits per heavy atom. The number of hydrogen-bond acceptors (Lipinski definition) is 3. The lowest BCUT2D eigenvalue weighted by molar-refractivity contribution is 0.166. The van der Waals surface area contributed by atoms with Gasteiger partial charge in [0.1, 0.15) is 0 Å². The van der Waals surface area contributed by atoms with Crippen LogP contribution in [0.2, 0.25) is 0 Å². The van der Waals surface area contributed by atoms with Gasteiger partial charge < -0.3 is 0 Å². The highest BCUT2D eigenvalue weighted by molar-refractivity contribution is 5.89. The second kappa shape index (κ2) is 3.40. The average Bonchev–Trinajstić information content (AvgIpc) is 2.73. The highest BCUT2D eigenvalue weighted by atomic mass is 16.2. The van der Waals surface area contributed by atoms with Gasteiger partial charge in [-0.3, -0.25) is 0 Å². The van der Waals surface area contributed by atoms with Gasteiger partial charge in [-0.25, -0.2) is 14.8 Å². The maximum Gasteiger partial charge on any atom is 0.360 e. The zero-order valence-electron chi connectivity index (χ0n) is 8.53. The van der Waals surface area contributed by atoms with Crippen molar-refractivity contribution in [3.8, 4) is 0 Å². The van der Waals surface area contributed by atoms with E-state index in [9.17, 15) is 4.79 Å². The number of hydrazone groups is 2. The molecule has 0 N–H and O–H groups in total. The molecule has 0 saturated carbocycles. The van der Waals surface area contributed by atoms with E-state index in [4.69, 9.17) is 0 Å². The van der Waals surface area contributed by atoms with E-state index in [1.165, 1.54) is 10.0 Å². The molecule has 0 unspecified atom stereocenters. The van der Waals surface area contributed by atoms with Crippen molar-refractivity contribution < 1.29 is 4.79 Å². The molecule has 2 rings (SSSR count). The fourth-order valence-electron chi connectivity index (χ4n) is 1.56. The zero-order valence-corrected chi connectivity index (χ0v) is 8.53. The van der Waals surface area contributed by atoms with E-state index < -0.39 is 0 Å². The first-order chi connectivity index (χ1) is 6.66. The molecule has 0 radical (unpaired) electrons. The van der Waals surface area contributed by atoms with Gasteiger partial charge in [0.05, 0.1) is 13.1 Å². The molecule has 0 aliphatic carbocycles. The first-order valence-corrected chi connectivity index (χ1v) is 4.84. The van der Waals surface area contributed by atoms with Crippen LogP contribution in [0.4, 0.5) is 4.79 Å². The normalized spacial score (nSPS) is 21.3. The van der Waals surface area contributed by atoms with Gasteiger partial charge in [-0.2, -0.15) is 10.2 Å². The Balaban J connectivity index is 2.03. The Hall–Kier alpha value is -1.39. The minimum Gasteiger partial charge on any atom is -0.244 e. The average molecular weight is 194 g/mol. The standard InChI is InChI=1S/C9H14N4O/c1-7-3-5-12(10-7)9(14)13-6-4-8(2)11-13/h3-6H2,1-2H3. The summed E-state index contributed by atoms with van der Waals surface area (Å²) < 4.78 is 0. The molecule has 0 aromatic heterocycles. The van der Waals surface area contributed by atoms with Crippen molar-refractivity contribution >= 4 is 17.5 Å². The van der Waals surface area contributed by atoms with Gasteiger partial charge in [-0.15, -0.1) is 0 Å². The number of nitrogens with zero attached hydrogens (tertiary/aromatic N) is 4. The predicted molar refractivity (Wildman–Crippen MR) is 54.3 cm³/mol. The Kier molecular flexibility index (Phi) is 2.23. The molecule has 14 heavy (non-hydrogen) atoms. The molecule has 76 valence electrons. The molecular formula is C9H14N4O. The SMILES string of the molecule is CC1=NN(C(=O)N2CCC(C)=N2)CC1. The molecule has 2 amide bonds. The summed E-state index contributed by atoms with van der Waals surface area (Å²) in [5, 5.41) is 11.3. The lowest BCUT2D eigenvalue weighted by Crippen LogP contribution is -2.35. The molecule has 2 aliphatic rings. The molecule has 0 aromatic rings. The van der Waals surface area contributed by atoms with Crippen molar-refractivity contribution in [1.29, 1.82) is 0 Å². The summed E-state index contributed by atoms with van der Waals surface area (Å²) in [6, 6.07) is -0.0984. The van der Waals surface area contributed by atoms with Gasteiger partial charge in [0, 0.05) is 24.3 Å². The van der Waals surface area contributed by atoms with Crippen LogP contribution in [0.1, 0.15) is 26.7 Å². The quantitative estimate of drug-likeness (QED) is 0.572. The number of rotatable bonds is 0. The van der Waals surface area contributed by atoms with E-state index in [1.807, 2.05) is 13.8 Å². The minimum absolute atomic E-state index is 0.0984. The molecule has 0 saturated heterocycles. The number of amides is 2. The van der Waals surface area contributed by atoms with Crippen molar-refractivity contribution in [2.24, 2.45) is 10.2 Å². The number of hydrogen-bond donors (Lipinski definition) is 0. The molecule has 0 atom stereocenters. The summed E-state index contributed by atoms with van der Waals surface area (Å²) in [7, 11) is 0. The maximum absolute atomic E-state index is 11.8. The largest absolute Gasteiger partial charge is 0.360 e. The number of urea groups is 1. The Morgan fingerprint density at radius 3 is 1.79 bits per heavy atom. The smallest absolute Gasteiger partial charge is 0.244 e. The second-order valence-corrected chi connectivity index (χ2v) is 3.70. The van der Waals surface area contributed by atoms with Crippen LogP contribution in [0.25, 0.3) is 0 Å². The molecule has 0 bridgehead atoms. The van der Waals surface area contributed by atoms with Gasteiger partial charge >= 0.3 is 6.03 Å². The van der Waals surface area contributed by atoms with Crippen LogP contribution in [0.15, 0.2) is 10.2 Å². The Bertz CT molecular complexity index is 291. The summed E-state index contributed by atoms with van der Waals surface area (Å²) in [5.41, 5.74) is 2.02. The lowest BCUT2D eigenvalue weighted by atomic mass is 10.3. The monoisotopic (exact) mass is 194 g/mol. The van der Waals surface area contributed by atoms with Crippen molar-refractivity contribution in [3.63, 3.8) is 0 Å². The molecule has 2 heterocycles. The Labute approximate surface area is 83.1 Å². The molecule has 0 spiro atoms. The minimum atomic E-state index is -0.0984. The van der Waals surface area contributed by atoms with E-state index in [0.717, 1.165) is 24.3 Å². The maximum atomic E-state index is 11.8. The van der Waals surface area contributed by atoms with E-state index in [0.29, 0.717) is 13.1 Å². The van der Waals surface area contributed by atoms with Gasteiger partial charge in [0.2, 0.25) is 0 Å². The Morgan fingerprint density at radius 1 is 1.07 bits per heavy atom. The zero-order chi connectivity index (χ0) is 10.1. The third-order valence-corrected chi connectivity index (χ3v) is 2.40. The fraction of sp³-hybridized carbons (Fsp3) is 0.667. The van der Waals surface area contributed by atoms with Gasteiger partial charge in [-0.05, 0) is 13.8 Å². The first kappa shape index (κ1) is 9.18. The summed E-state index contributed by atoms with van der Waals surface area (Å²) in [5.74, 6) is 0. The van der Waals surface area contributed by atoms with E-state index in [-0.39, 0.29) is 6.03 Å². The lowest BCUT2D eigenvalue weighted by Gasteiger charge is -2.17. The van der Waals surface area contributed by atoms with Gasteiger partial charge in [-0.1, -0.05) is 0 Å². The van der Waals surface area contributed by atoms with Gasteiger partial charge in [0.25, 0.3) is 0 Å². The predicted octanol–water partition coefficient (Wildman–Crippen LogP) is 1.27. The summed E-state index contributed by atoms with van der Waals surface area (Å²) >= 11 is 0. The third-order valence-electron chi connectivity index (χ3n) is 2.40. The van der Waals surface area contributed by atoms with Crippen molar-refractivity contribution in [1.82, 2.24) is 10.0 Å². The van der Waals surface area contributed by atoms with Gasteiger partial charge in [0.15, 0.2) is 0 Å². The molecule has 5 heteroatoms. The molecule has 5 nitrogen and oxygen atoms in total. The first-order valence-electron chi connectivity index (χ1n) is 4.84. The topological polar surface area (TPSA) is 48.3 Å². The number of carbonyl (C=O) groups is 1. The summed E-state index contributed by atoms with van der Waals surface area (Å²) in [6.07, 6.45) is 1.75.